The summed E-state index contributed by atoms with van der Waals surface area (Å²) in [7, 11) is 0. The zero-order valence-corrected chi connectivity index (χ0v) is 17.5. The van der Waals surface area contributed by atoms with Gasteiger partial charge in [0.05, 0.1) is 0 Å². The summed E-state index contributed by atoms with van der Waals surface area (Å²) in [6.45, 7) is 9.68. The number of rotatable bonds is 6. The zero-order chi connectivity index (χ0) is 21.6. The van der Waals surface area contributed by atoms with Crippen molar-refractivity contribution in [2.24, 2.45) is 0 Å². The van der Waals surface area contributed by atoms with Gasteiger partial charge in [0, 0.05) is 51.0 Å². The minimum Gasteiger partial charge on any atom is -0.451 e. The lowest BCUT2D eigenvalue weighted by Crippen LogP contribution is -2.51. The van der Waals surface area contributed by atoms with Crippen molar-refractivity contribution in [2.45, 2.75) is 40.7 Å². The fourth-order valence-corrected chi connectivity index (χ4v) is 3.40. The summed E-state index contributed by atoms with van der Waals surface area (Å²) in [4.78, 5) is 39.1. The molecule has 0 atom stereocenters. The van der Waals surface area contributed by atoms with Crippen molar-refractivity contribution >= 4 is 23.9 Å². The van der Waals surface area contributed by atoms with Crippen LogP contribution < -0.4 is 0 Å². The van der Waals surface area contributed by atoms with Crippen LogP contribution in [-0.2, 0) is 25.7 Å². The Hall–Kier alpha value is -3.08. The van der Waals surface area contributed by atoms with Crippen molar-refractivity contribution in [2.75, 3.05) is 32.8 Å². The van der Waals surface area contributed by atoms with Gasteiger partial charge in [-0.15, -0.1) is 0 Å². The van der Waals surface area contributed by atoms with Gasteiger partial charge in [0.25, 0.3) is 5.91 Å². The molecule has 8 heteroatoms. The number of aromatic nitrogens is 1. The number of hydrogen-bond donors (Lipinski definition) is 0. The first-order valence-electron chi connectivity index (χ1n) is 9.77. The van der Waals surface area contributed by atoms with Crippen LogP contribution in [0.25, 0.3) is 6.08 Å². The summed E-state index contributed by atoms with van der Waals surface area (Å²) in [6, 6.07) is 3.79. The van der Waals surface area contributed by atoms with Crippen LogP contribution in [0.5, 0.6) is 0 Å². The molecule has 1 aromatic heterocycles. The highest BCUT2D eigenvalue weighted by molar-refractivity contribution is 5.99. The Kier molecular flexibility index (Phi) is 7.59. The molecule has 1 saturated heterocycles. The normalized spacial score (nSPS) is 14.5. The average Bonchev–Trinajstić information content (AvgIpc) is 2.97. The number of amides is 2. The second-order valence-electron chi connectivity index (χ2n) is 7.11. The molecular weight excluding hydrogens is 372 g/mol. The molecule has 2 rings (SSSR count). The number of aryl methyl sites for hydroxylation is 1. The monoisotopic (exact) mass is 400 g/mol. The standard InChI is InChI=1S/C21H28N4O4/c1-5-6-25-15(2)11-18(16(25)3)12-19(13-22)21(28)29-14-20(27)24-9-7-23(8-10-24)17(4)26/h11-12H,5-10,14H2,1-4H3/b19-12+. The minimum atomic E-state index is -0.816. The maximum absolute atomic E-state index is 12.3. The number of carbonyl (C=O) groups is 3. The smallest absolute Gasteiger partial charge is 0.349 e. The lowest BCUT2D eigenvalue weighted by Gasteiger charge is -2.34. The highest BCUT2D eigenvalue weighted by Gasteiger charge is 2.23. The number of esters is 1. The Labute approximate surface area is 171 Å². The molecule has 0 saturated carbocycles. The van der Waals surface area contributed by atoms with Crippen molar-refractivity contribution in [3.05, 3.63) is 28.6 Å². The van der Waals surface area contributed by atoms with Gasteiger partial charge in [-0.25, -0.2) is 4.79 Å². The van der Waals surface area contributed by atoms with Gasteiger partial charge in [-0.05, 0) is 38.0 Å². The molecule has 1 fully saturated rings. The predicted molar refractivity (Wildman–Crippen MR) is 108 cm³/mol. The zero-order valence-electron chi connectivity index (χ0n) is 17.5. The van der Waals surface area contributed by atoms with Crippen LogP contribution in [0.15, 0.2) is 11.6 Å². The number of nitrogens with zero attached hydrogens (tertiary/aromatic N) is 4. The molecule has 1 aromatic rings. The maximum atomic E-state index is 12.3. The molecule has 1 aliphatic rings. The third-order valence-electron chi connectivity index (χ3n) is 5.10. The van der Waals surface area contributed by atoms with E-state index >= 15 is 0 Å². The van der Waals surface area contributed by atoms with Crippen LogP contribution in [-0.4, -0.2) is 64.9 Å². The van der Waals surface area contributed by atoms with E-state index in [1.54, 1.807) is 9.80 Å². The van der Waals surface area contributed by atoms with Crippen LogP contribution in [0.3, 0.4) is 0 Å². The highest BCUT2D eigenvalue weighted by atomic mass is 16.5. The molecule has 0 N–H and O–H groups in total. The molecule has 0 aromatic carbocycles. The minimum absolute atomic E-state index is 0.0226. The first-order valence-corrected chi connectivity index (χ1v) is 9.77. The van der Waals surface area contributed by atoms with Gasteiger partial charge in [0.1, 0.15) is 11.6 Å². The van der Waals surface area contributed by atoms with Crippen molar-refractivity contribution in [3.63, 3.8) is 0 Å². The first-order chi connectivity index (χ1) is 13.8. The fraction of sp³-hybridized carbons (Fsp3) is 0.524. The van der Waals surface area contributed by atoms with E-state index in [-0.39, 0.29) is 17.4 Å². The lowest BCUT2D eigenvalue weighted by molar-refractivity contribution is -0.150. The lowest BCUT2D eigenvalue weighted by atomic mass is 10.1. The van der Waals surface area contributed by atoms with E-state index in [1.165, 1.54) is 13.0 Å². The summed E-state index contributed by atoms with van der Waals surface area (Å²) in [5.41, 5.74) is 2.68. The van der Waals surface area contributed by atoms with Gasteiger partial charge >= 0.3 is 5.97 Å². The van der Waals surface area contributed by atoms with Gasteiger partial charge in [0.15, 0.2) is 6.61 Å². The number of hydrogen-bond acceptors (Lipinski definition) is 5. The quantitative estimate of drug-likeness (QED) is 0.411. The van der Waals surface area contributed by atoms with E-state index in [2.05, 4.69) is 11.5 Å². The molecule has 0 radical (unpaired) electrons. The van der Waals surface area contributed by atoms with Gasteiger partial charge in [-0.1, -0.05) is 6.92 Å². The molecule has 156 valence electrons. The van der Waals surface area contributed by atoms with Crippen LogP contribution in [0.2, 0.25) is 0 Å². The second kappa shape index (κ2) is 9.92. The van der Waals surface area contributed by atoms with Crippen LogP contribution in [0.1, 0.15) is 37.2 Å². The fourth-order valence-electron chi connectivity index (χ4n) is 3.40. The first kappa shape index (κ1) is 22.2. The Bertz CT molecular complexity index is 855. The van der Waals surface area contributed by atoms with E-state index in [0.29, 0.717) is 26.2 Å². The average molecular weight is 400 g/mol. The summed E-state index contributed by atoms with van der Waals surface area (Å²) in [5.74, 6) is -1.17. The summed E-state index contributed by atoms with van der Waals surface area (Å²) in [5, 5.41) is 9.36. The van der Waals surface area contributed by atoms with E-state index in [0.717, 1.165) is 29.9 Å². The Balaban J connectivity index is 1.98. The third-order valence-corrected chi connectivity index (χ3v) is 5.10. The largest absolute Gasteiger partial charge is 0.451 e. The third kappa shape index (κ3) is 5.47. The predicted octanol–water partition coefficient (Wildman–Crippen LogP) is 1.66. The second-order valence-corrected chi connectivity index (χ2v) is 7.11. The molecule has 8 nitrogen and oxygen atoms in total. The number of carbonyl (C=O) groups excluding carboxylic acids is 3. The molecule has 29 heavy (non-hydrogen) atoms. The van der Waals surface area contributed by atoms with E-state index in [9.17, 15) is 19.6 Å². The number of ether oxygens (including phenoxy) is 1. The van der Waals surface area contributed by atoms with E-state index in [1.807, 2.05) is 26.0 Å². The number of piperazine rings is 1. The Morgan fingerprint density at radius 1 is 1.17 bits per heavy atom. The van der Waals surface area contributed by atoms with Crippen LogP contribution in [0.4, 0.5) is 0 Å². The van der Waals surface area contributed by atoms with Gasteiger partial charge < -0.3 is 19.1 Å². The van der Waals surface area contributed by atoms with Crippen molar-refractivity contribution in [1.82, 2.24) is 14.4 Å². The van der Waals surface area contributed by atoms with Gasteiger partial charge in [-0.2, -0.15) is 5.26 Å². The molecular formula is C21H28N4O4. The van der Waals surface area contributed by atoms with Crippen molar-refractivity contribution < 1.29 is 19.1 Å². The molecule has 0 aliphatic carbocycles. The van der Waals surface area contributed by atoms with E-state index < -0.39 is 12.6 Å². The summed E-state index contributed by atoms with van der Waals surface area (Å²) in [6.07, 6.45) is 2.49. The molecule has 0 unspecified atom stereocenters. The molecule has 0 spiro atoms. The van der Waals surface area contributed by atoms with E-state index in [4.69, 9.17) is 4.74 Å². The molecule has 0 bridgehead atoms. The maximum Gasteiger partial charge on any atom is 0.349 e. The Morgan fingerprint density at radius 2 is 1.79 bits per heavy atom. The van der Waals surface area contributed by atoms with Gasteiger partial charge in [-0.3, -0.25) is 9.59 Å². The highest BCUT2D eigenvalue weighted by Crippen LogP contribution is 2.19. The topological polar surface area (TPSA) is 95.6 Å². The molecule has 2 heterocycles. The molecule has 2 amide bonds. The van der Waals surface area contributed by atoms with Crippen molar-refractivity contribution in [3.8, 4) is 6.07 Å². The van der Waals surface area contributed by atoms with Gasteiger partial charge in [0.2, 0.25) is 5.91 Å². The van der Waals surface area contributed by atoms with Crippen LogP contribution >= 0.6 is 0 Å². The van der Waals surface area contributed by atoms with Crippen molar-refractivity contribution in [1.29, 1.82) is 5.26 Å². The van der Waals surface area contributed by atoms with Crippen LogP contribution in [0, 0.1) is 25.2 Å². The summed E-state index contributed by atoms with van der Waals surface area (Å²) >= 11 is 0. The SMILES string of the molecule is CCCn1c(C)cc(/C=C(\C#N)C(=O)OCC(=O)N2CCN(C(C)=O)CC2)c1C. The molecule has 1 aliphatic heterocycles. The number of nitriles is 1. The summed E-state index contributed by atoms with van der Waals surface area (Å²) < 4.78 is 7.21. The Morgan fingerprint density at radius 3 is 2.34 bits per heavy atom.